The SMILES string of the molecule is Cl.Cl.NCc1nc(C(=O)NC2CCN(c3ncccc3Cl)C2)cs1. The minimum atomic E-state index is -0.157. The topological polar surface area (TPSA) is 84.1 Å². The van der Waals surface area contributed by atoms with E-state index in [1.165, 1.54) is 11.3 Å². The summed E-state index contributed by atoms with van der Waals surface area (Å²) in [4.78, 5) is 22.8. The molecule has 0 aliphatic carbocycles. The van der Waals surface area contributed by atoms with E-state index < -0.39 is 0 Å². The highest BCUT2D eigenvalue weighted by atomic mass is 35.5. The third-order valence-electron chi connectivity index (χ3n) is 3.52. The lowest BCUT2D eigenvalue weighted by Gasteiger charge is -2.18. The third-order valence-corrected chi connectivity index (χ3v) is 4.69. The van der Waals surface area contributed by atoms with Crippen LogP contribution < -0.4 is 16.0 Å². The number of rotatable bonds is 4. The van der Waals surface area contributed by atoms with Crippen molar-refractivity contribution >= 4 is 59.5 Å². The third kappa shape index (κ3) is 4.70. The van der Waals surface area contributed by atoms with Crippen LogP contribution in [0.5, 0.6) is 0 Å². The number of nitrogens with zero attached hydrogens (tertiary/aromatic N) is 3. The second kappa shape index (κ2) is 9.39. The number of nitrogens with one attached hydrogen (secondary N) is 1. The molecule has 132 valence electrons. The highest BCUT2D eigenvalue weighted by Crippen LogP contribution is 2.25. The van der Waals surface area contributed by atoms with Gasteiger partial charge >= 0.3 is 0 Å². The molecule has 1 fully saturated rings. The number of carbonyl (C=O) groups is 1. The zero-order chi connectivity index (χ0) is 15.5. The maximum Gasteiger partial charge on any atom is 0.271 e. The van der Waals surface area contributed by atoms with E-state index in [2.05, 4.69) is 20.2 Å². The molecule has 1 amide bonds. The van der Waals surface area contributed by atoms with Crippen LogP contribution in [0.15, 0.2) is 23.7 Å². The lowest BCUT2D eigenvalue weighted by atomic mass is 10.2. The van der Waals surface area contributed by atoms with E-state index in [0.717, 1.165) is 23.8 Å². The number of hydrogen-bond acceptors (Lipinski definition) is 6. The van der Waals surface area contributed by atoms with E-state index in [4.69, 9.17) is 17.3 Å². The van der Waals surface area contributed by atoms with Gasteiger partial charge in [-0.2, -0.15) is 0 Å². The molecule has 1 aliphatic heterocycles. The summed E-state index contributed by atoms with van der Waals surface area (Å²) in [7, 11) is 0. The average Bonchev–Trinajstić information content (AvgIpc) is 3.16. The number of anilines is 1. The van der Waals surface area contributed by atoms with Gasteiger partial charge in [0.05, 0.1) is 5.02 Å². The van der Waals surface area contributed by atoms with Gasteiger partial charge in [0, 0.05) is 37.3 Å². The Morgan fingerprint density at radius 2 is 2.29 bits per heavy atom. The summed E-state index contributed by atoms with van der Waals surface area (Å²) in [6, 6.07) is 3.69. The quantitative estimate of drug-likeness (QED) is 0.809. The van der Waals surface area contributed by atoms with Crippen LogP contribution in [0.1, 0.15) is 21.9 Å². The summed E-state index contributed by atoms with van der Waals surface area (Å²) in [6.07, 6.45) is 2.57. The van der Waals surface area contributed by atoms with Crippen molar-refractivity contribution in [2.24, 2.45) is 5.73 Å². The Labute approximate surface area is 161 Å². The zero-order valence-corrected chi connectivity index (χ0v) is 15.9. The van der Waals surface area contributed by atoms with E-state index >= 15 is 0 Å². The predicted molar refractivity (Wildman–Crippen MR) is 102 cm³/mol. The number of amides is 1. The lowest BCUT2D eigenvalue weighted by molar-refractivity contribution is 0.0936. The lowest BCUT2D eigenvalue weighted by Crippen LogP contribution is -2.37. The van der Waals surface area contributed by atoms with Gasteiger partial charge in [-0.3, -0.25) is 4.79 Å². The Bertz CT molecular complexity index is 684. The Hall–Kier alpha value is -1.12. The molecule has 0 radical (unpaired) electrons. The molecule has 2 aromatic heterocycles. The van der Waals surface area contributed by atoms with Crippen molar-refractivity contribution in [3.05, 3.63) is 39.4 Å². The summed E-state index contributed by atoms with van der Waals surface area (Å²) in [6.45, 7) is 1.86. The predicted octanol–water partition coefficient (Wildman–Crippen LogP) is 2.50. The van der Waals surface area contributed by atoms with Crippen LogP contribution in [0.4, 0.5) is 5.82 Å². The van der Waals surface area contributed by atoms with Crippen molar-refractivity contribution in [2.45, 2.75) is 19.0 Å². The fraction of sp³-hybridized carbons (Fsp3) is 0.357. The number of thiazole rings is 1. The van der Waals surface area contributed by atoms with Crippen LogP contribution in [0, 0.1) is 0 Å². The van der Waals surface area contributed by atoms with Crippen molar-refractivity contribution in [1.29, 1.82) is 0 Å². The van der Waals surface area contributed by atoms with Crippen LogP contribution >= 0.6 is 47.8 Å². The van der Waals surface area contributed by atoms with E-state index in [9.17, 15) is 4.79 Å². The molecule has 3 heterocycles. The number of carbonyl (C=O) groups excluding carboxylic acids is 1. The van der Waals surface area contributed by atoms with Crippen LogP contribution in [-0.2, 0) is 6.54 Å². The molecule has 3 N–H and O–H groups in total. The Morgan fingerprint density at radius 3 is 2.96 bits per heavy atom. The van der Waals surface area contributed by atoms with Gasteiger partial charge in [-0.1, -0.05) is 11.6 Å². The number of halogens is 3. The van der Waals surface area contributed by atoms with Gasteiger partial charge in [-0.15, -0.1) is 36.2 Å². The number of pyridine rings is 1. The van der Waals surface area contributed by atoms with Gasteiger partial charge in [0.1, 0.15) is 16.5 Å². The summed E-state index contributed by atoms with van der Waals surface area (Å²) in [5.41, 5.74) is 5.94. The number of nitrogens with two attached hydrogens (primary N) is 1. The molecule has 1 aliphatic rings. The van der Waals surface area contributed by atoms with Gasteiger partial charge in [-0.05, 0) is 18.6 Å². The minimum Gasteiger partial charge on any atom is -0.353 e. The molecule has 1 saturated heterocycles. The monoisotopic (exact) mass is 409 g/mol. The molecule has 3 rings (SSSR count). The van der Waals surface area contributed by atoms with E-state index in [1.54, 1.807) is 17.6 Å². The largest absolute Gasteiger partial charge is 0.353 e. The normalized spacial score (nSPS) is 16.2. The first-order valence-corrected chi connectivity index (χ1v) is 8.24. The maximum atomic E-state index is 12.2. The molecule has 24 heavy (non-hydrogen) atoms. The van der Waals surface area contributed by atoms with E-state index in [-0.39, 0.29) is 36.8 Å². The smallest absolute Gasteiger partial charge is 0.271 e. The van der Waals surface area contributed by atoms with Gasteiger partial charge in [0.2, 0.25) is 0 Å². The van der Waals surface area contributed by atoms with E-state index in [1.807, 2.05) is 6.07 Å². The van der Waals surface area contributed by atoms with Crippen molar-refractivity contribution in [2.75, 3.05) is 18.0 Å². The second-order valence-corrected chi connectivity index (χ2v) is 6.39. The summed E-state index contributed by atoms with van der Waals surface area (Å²) in [5.74, 6) is 0.606. The van der Waals surface area contributed by atoms with Gasteiger partial charge in [-0.25, -0.2) is 9.97 Å². The molecule has 0 saturated carbocycles. The maximum absolute atomic E-state index is 12.2. The van der Waals surface area contributed by atoms with Gasteiger partial charge in [0.15, 0.2) is 0 Å². The molecule has 1 unspecified atom stereocenters. The zero-order valence-electron chi connectivity index (χ0n) is 12.6. The van der Waals surface area contributed by atoms with Crippen molar-refractivity contribution < 1.29 is 4.79 Å². The molecular weight excluding hydrogens is 393 g/mol. The first-order valence-electron chi connectivity index (χ1n) is 6.98. The molecule has 1 atom stereocenters. The van der Waals surface area contributed by atoms with Crippen LogP contribution in [0.3, 0.4) is 0 Å². The Morgan fingerprint density at radius 1 is 1.50 bits per heavy atom. The first-order chi connectivity index (χ1) is 10.7. The average molecular weight is 411 g/mol. The number of aromatic nitrogens is 2. The molecule has 0 bridgehead atoms. The molecule has 2 aromatic rings. The summed E-state index contributed by atoms with van der Waals surface area (Å²) >= 11 is 7.56. The highest BCUT2D eigenvalue weighted by molar-refractivity contribution is 7.09. The van der Waals surface area contributed by atoms with Crippen molar-refractivity contribution in [3.63, 3.8) is 0 Å². The summed E-state index contributed by atoms with van der Waals surface area (Å²) in [5, 5.41) is 6.13. The minimum absolute atomic E-state index is 0. The summed E-state index contributed by atoms with van der Waals surface area (Å²) < 4.78 is 0. The van der Waals surface area contributed by atoms with Gasteiger partial charge in [0.25, 0.3) is 5.91 Å². The number of hydrogen-bond donors (Lipinski definition) is 2. The Kier molecular flexibility index (Phi) is 8.18. The van der Waals surface area contributed by atoms with Crippen LogP contribution in [0.2, 0.25) is 5.02 Å². The second-order valence-electron chi connectivity index (χ2n) is 5.04. The van der Waals surface area contributed by atoms with E-state index in [0.29, 0.717) is 23.8 Å². The fourth-order valence-corrected chi connectivity index (χ4v) is 3.34. The molecular formula is C14H18Cl3N5OS. The van der Waals surface area contributed by atoms with Gasteiger partial charge < -0.3 is 16.0 Å². The van der Waals surface area contributed by atoms with Crippen LogP contribution in [0.25, 0.3) is 0 Å². The molecule has 6 nitrogen and oxygen atoms in total. The van der Waals surface area contributed by atoms with Crippen LogP contribution in [-0.4, -0.2) is 35.0 Å². The molecule has 0 aromatic carbocycles. The van der Waals surface area contributed by atoms with Crippen molar-refractivity contribution in [1.82, 2.24) is 15.3 Å². The molecule has 0 spiro atoms. The highest BCUT2D eigenvalue weighted by Gasteiger charge is 2.26. The Balaban J connectivity index is 0.00000144. The standard InChI is InChI=1S/C14H16ClN5OS.2ClH/c15-10-2-1-4-17-13(10)20-5-3-9(7-20)18-14(21)11-8-22-12(6-16)19-11;;/h1-2,4,8-9H,3,5-7,16H2,(H,18,21);2*1H. The fourth-order valence-electron chi connectivity index (χ4n) is 2.45. The van der Waals surface area contributed by atoms with Crippen molar-refractivity contribution in [3.8, 4) is 0 Å². The first kappa shape index (κ1) is 20.9. The molecule has 10 heteroatoms.